The molecule has 0 unspecified atom stereocenters. The number of fused-ring (bicyclic) bond motifs is 1. The molecular formula is C7H8N2O2. The molecule has 2 heterocycles. The van der Waals surface area contributed by atoms with Crippen molar-refractivity contribution < 1.29 is 9.47 Å². The zero-order valence-electron chi connectivity index (χ0n) is 5.91. The second-order valence-electron chi connectivity index (χ2n) is 2.22. The van der Waals surface area contributed by atoms with Gasteiger partial charge in [0, 0.05) is 12.3 Å². The molecule has 0 radical (unpaired) electrons. The first-order valence-corrected chi connectivity index (χ1v) is 3.38. The van der Waals surface area contributed by atoms with Crippen LogP contribution in [-0.4, -0.2) is 18.2 Å². The maximum atomic E-state index is 5.53. The van der Waals surface area contributed by atoms with E-state index in [0.717, 1.165) is 0 Å². The topological polar surface area (TPSA) is 57.4 Å². The van der Waals surface area contributed by atoms with Gasteiger partial charge in [0.15, 0.2) is 11.6 Å². The fraction of sp³-hybridized carbons (Fsp3) is 0.286. The number of hydrogen-bond donors (Lipinski definition) is 1. The second-order valence-corrected chi connectivity index (χ2v) is 2.22. The van der Waals surface area contributed by atoms with E-state index in [9.17, 15) is 0 Å². The lowest BCUT2D eigenvalue weighted by Gasteiger charge is -2.18. The Bertz CT molecular complexity index is 275. The fourth-order valence-electron chi connectivity index (χ4n) is 1.000. The minimum Gasteiger partial charge on any atom is -0.486 e. The van der Waals surface area contributed by atoms with Crippen molar-refractivity contribution in [3.63, 3.8) is 0 Å². The zero-order valence-corrected chi connectivity index (χ0v) is 5.91. The molecular weight excluding hydrogens is 144 g/mol. The Hall–Kier alpha value is -1.45. The Balaban J connectivity index is 2.49. The van der Waals surface area contributed by atoms with Crippen molar-refractivity contribution in [1.82, 2.24) is 4.98 Å². The zero-order chi connectivity index (χ0) is 7.68. The van der Waals surface area contributed by atoms with Crippen LogP contribution in [0.4, 0.5) is 5.82 Å². The van der Waals surface area contributed by atoms with Gasteiger partial charge in [-0.15, -0.1) is 0 Å². The van der Waals surface area contributed by atoms with Crippen molar-refractivity contribution in [3.8, 4) is 11.5 Å². The normalized spacial score (nSPS) is 14.5. The summed E-state index contributed by atoms with van der Waals surface area (Å²) in [7, 11) is 0. The van der Waals surface area contributed by atoms with Gasteiger partial charge in [0.25, 0.3) is 0 Å². The van der Waals surface area contributed by atoms with Crippen LogP contribution in [0.3, 0.4) is 0 Å². The molecule has 2 N–H and O–H groups in total. The Morgan fingerprint density at radius 1 is 1.36 bits per heavy atom. The Morgan fingerprint density at radius 2 is 2.18 bits per heavy atom. The molecule has 1 aromatic rings. The average Bonchev–Trinajstić information content (AvgIpc) is 2.06. The predicted molar refractivity (Wildman–Crippen MR) is 39.6 cm³/mol. The third kappa shape index (κ3) is 0.960. The van der Waals surface area contributed by atoms with Gasteiger partial charge in [0.2, 0.25) is 5.75 Å². The molecule has 4 heteroatoms. The molecule has 2 rings (SSSR count). The lowest BCUT2D eigenvalue weighted by Crippen LogP contribution is -2.16. The van der Waals surface area contributed by atoms with Crippen LogP contribution in [0.15, 0.2) is 12.3 Å². The minimum absolute atomic E-state index is 0.391. The molecule has 1 aromatic heterocycles. The molecule has 0 aliphatic carbocycles. The largest absolute Gasteiger partial charge is 0.486 e. The van der Waals surface area contributed by atoms with E-state index in [0.29, 0.717) is 30.5 Å². The van der Waals surface area contributed by atoms with Crippen LogP contribution in [0.2, 0.25) is 0 Å². The van der Waals surface area contributed by atoms with Crippen LogP contribution in [0.5, 0.6) is 11.5 Å². The van der Waals surface area contributed by atoms with Crippen LogP contribution in [-0.2, 0) is 0 Å². The first-order valence-electron chi connectivity index (χ1n) is 3.38. The molecule has 11 heavy (non-hydrogen) atoms. The first kappa shape index (κ1) is 6.27. The quantitative estimate of drug-likeness (QED) is 0.585. The van der Waals surface area contributed by atoms with Crippen LogP contribution < -0.4 is 15.2 Å². The highest BCUT2D eigenvalue weighted by molar-refractivity contribution is 5.55. The summed E-state index contributed by atoms with van der Waals surface area (Å²) in [6.45, 7) is 1.12. The summed E-state index contributed by atoms with van der Waals surface area (Å²) in [5.74, 6) is 1.64. The SMILES string of the molecule is Nc1nccc2c1OCCO2. The van der Waals surface area contributed by atoms with E-state index in [4.69, 9.17) is 15.2 Å². The highest BCUT2D eigenvalue weighted by Crippen LogP contribution is 2.33. The molecule has 0 saturated carbocycles. The fourth-order valence-corrected chi connectivity index (χ4v) is 1.000. The number of nitrogens with zero attached hydrogens (tertiary/aromatic N) is 1. The van der Waals surface area contributed by atoms with Gasteiger partial charge < -0.3 is 15.2 Å². The average molecular weight is 152 g/mol. The molecule has 0 amide bonds. The summed E-state index contributed by atoms with van der Waals surface area (Å²) in [5.41, 5.74) is 5.53. The standard InChI is InChI=1S/C7H8N2O2/c8-7-6-5(1-2-9-7)10-3-4-11-6/h1-2H,3-4H2,(H2,8,9). The van der Waals surface area contributed by atoms with Crippen molar-refractivity contribution in [1.29, 1.82) is 0 Å². The van der Waals surface area contributed by atoms with Gasteiger partial charge in [0.05, 0.1) is 0 Å². The third-order valence-electron chi connectivity index (χ3n) is 1.48. The maximum Gasteiger partial charge on any atom is 0.203 e. The van der Waals surface area contributed by atoms with Crippen LogP contribution in [0.25, 0.3) is 0 Å². The molecule has 58 valence electrons. The van der Waals surface area contributed by atoms with Crippen molar-refractivity contribution >= 4 is 5.82 Å². The molecule has 1 aliphatic heterocycles. The van der Waals surface area contributed by atoms with Crippen LogP contribution in [0, 0.1) is 0 Å². The van der Waals surface area contributed by atoms with Gasteiger partial charge in [0.1, 0.15) is 13.2 Å². The number of pyridine rings is 1. The van der Waals surface area contributed by atoms with Gasteiger partial charge in [-0.05, 0) is 0 Å². The molecule has 0 fully saturated rings. The Morgan fingerprint density at radius 3 is 3.00 bits per heavy atom. The summed E-state index contributed by atoms with van der Waals surface area (Å²) in [6.07, 6.45) is 1.60. The van der Waals surface area contributed by atoms with Crippen molar-refractivity contribution in [3.05, 3.63) is 12.3 Å². The number of aromatic nitrogens is 1. The van der Waals surface area contributed by atoms with E-state index < -0.39 is 0 Å². The van der Waals surface area contributed by atoms with Crippen molar-refractivity contribution in [2.24, 2.45) is 0 Å². The number of anilines is 1. The van der Waals surface area contributed by atoms with Crippen molar-refractivity contribution in [2.75, 3.05) is 18.9 Å². The van der Waals surface area contributed by atoms with Gasteiger partial charge >= 0.3 is 0 Å². The molecule has 0 bridgehead atoms. The Labute approximate surface area is 63.9 Å². The molecule has 0 saturated heterocycles. The lowest BCUT2D eigenvalue weighted by molar-refractivity contribution is 0.172. The molecule has 4 nitrogen and oxygen atoms in total. The van der Waals surface area contributed by atoms with Gasteiger partial charge in [-0.3, -0.25) is 0 Å². The predicted octanol–water partition coefficient (Wildman–Crippen LogP) is 0.435. The third-order valence-corrected chi connectivity index (χ3v) is 1.48. The van der Waals surface area contributed by atoms with Gasteiger partial charge in [-0.25, -0.2) is 4.98 Å². The van der Waals surface area contributed by atoms with Crippen LogP contribution in [0.1, 0.15) is 0 Å². The first-order chi connectivity index (χ1) is 5.38. The smallest absolute Gasteiger partial charge is 0.203 e. The number of ether oxygens (including phenoxy) is 2. The van der Waals surface area contributed by atoms with E-state index in [1.165, 1.54) is 0 Å². The number of nitrogen functional groups attached to an aromatic ring is 1. The van der Waals surface area contributed by atoms with E-state index in [1.807, 2.05) is 0 Å². The lowest BCUT2D eigenvalue weighted by atomic mass is 10.3. The number of nitrogens with two attached hydrogens (primary N) is 1. The van der Waals surface area contributed by atoms with E-state index in [2.05, 4.69) is 4.98 Å². The molecule has 0 atom stereocenters. The van der Waals surface area contributed by atoms with Gasteiger partial charge in [-0.1, -0.05) is 0 Å². The van der Waals surface area contributed by atoms with Gasteiger partial charge in [-0.2, -0.15) is 0 Å². The second kappa shape index (κ2) is 2.30. The monoisotopic (exact) mass is 152 g/mol. The van der Waals surface area contributed by atoms with E-state index >= 15 is 0 Å². The van der Waals surface area contributed by atoms with Crippen molar-refractivity contribution in [2.45, 2.75) is 0 Å². The number of hydrogen-bond acceptors (Lipinski definition) is 4. The summed E-state index contributed by atoms with van der Waals surface area (Å²) in [6, 6.07) is 1.74. The molecule has 0 aromatic carbocycles. The highest BCUT2D eigenvalue weighted by atomic mass is 16.6. The minimum atomic E-state index is 0.391. The van der Waals surface area contributed by atoms with Crippen LogP contribution >= 0.6 is 0 Å². The highest BCUT2D eigenvalue weighted by Gasteiger charge is 2.13. The Kier molecular flexibility index (Phi) is 1.31. The summed E-state index contributed by atoms with van der Waals surface area (Å²) in [5, 5.41) is 0. The van der Waals surface area contributed by atoms with E-state index in [-0.39, 0.29) is 0 Å². The molecule has 1 aliphatic rings. The summed E-state index contributed by atoms with van der Waals surface area (Å²) < 4.78 is 10.5. The summed E-state index contributed by atoms with van der Waals surface area (Å²) >= 11 is 0. The summed E-state index contributed by atoms with van der Waals surface area (Å²) in [4.78, 5) is 3.87. The molecule has 0 spiro atoms. The number of rotatable bonds is 0. The maximum absolute atomic E-state index is 5.53. The van der Waals surface area contributed by atoms with E-state index in [1.54, 1.807) is 12.3 Å².